The molecule has 0 amide bonds. The molecule has 3 aromatic rings. The van der Waals surface area contributed by atoms with Crippen molar-refractivity contribution in [2.45, 2.75) is 21.8 Å². The van der Waals surface area contributed by atoms with E-state index in [4.69, 9.17) is 0 Å². The second-order valence-corrected chi connectivity index (χ2v) is 13.0. The predicted molar refractivity (Wildman–Crippen MR) is 173 cm³/mol. The molecular formula is C37H29IN2. The van der Waals surface area contributed by atoms with Crippen molar-refractivity contribution in [2.24, 2.45) is 11.8 Å². The van der Waals surface area contributed by atoms with E-state index in [2.05, 4.69) is 166 Å². The summed E-state index contributed by atoms with van der Waals surface area (Å²) in [5, 5.41) is 0. The molecule has 40 heavy (non-hydrogen) atoms. The van der Waals surface area contributed by atoms with E-state index in [1.807, 2.05) is 6.07 Å². The molecule has 3 heteroatoms. The van der Waals surface area contributed by atoms with Gasteiger partial charge in [0.2, 0.25) is 0 Å². The summed E-state index contributed by atoms with van der Waals surface area (Å²) >= 11 is 2.67. The van der Waals surface area contributed by atoms with E-state index in [0.717, 1.165) is 18.7 Å². The first-order valence-electron chi connectivity index (χ1n) is 14.2. The van der Waals surface area contributed by atoms with Crippen molar-refractivity contribution in [1.29, 1.82) is 0 Å². The van der Waals surface area contributed by atoms with Gasteiger partial charge in [0.1, 0.15) is 0 Å². The summed E-state index contributed by atoms with van der Waals surface area (Å²) in [6.07, 6.45) is 24.1. The molecule has 2 heterocycles. The van der Waals surface area contributed by atoms with Gasteiger partial charge in [0.15, 0.2) is 0 Å². The highest BCUT2D eigenvalue weighted by atomic mass is 127. The quantitative estimate of drug-likeness (QED) is 0.212. The highest BCUT2D eigenvalue weighted by Gasteiger charge is 2.43. The smallest absolute Gasteiger partial charge is 0.0933 e. The van der Waals surface area contributed by atoms with Crippen LogP contribution >= 0.6 is 22.6 Å². The Labute approximate surface area is 250 Å². The number of benzene rings is 2. The molecule has 0 aromatic heterocycles. The monoisotopic (exact) mass is 628 g/mol. The van der Waals surface area contributed by atoms with E-state index in [1.54, 1.807) is 0 Å². The van der Waals surface area contributed by atoms with E-state index in [0.29, 0.717) is 23.8 Å². The Kier molecular flexibility index (Phi) is 5.67. The lowest BCUT2D eigenvalue weighted by Gasteiger charge is -2.45. The van der Waals surface area contributed by atoms with Crippen LogP contribution in [0.25, 0.3) is 0 Å². The minimum Gasteiger partial charge on any atom is -0.341 e. The molecule has 0 spiro atoms. The largest absolute Gasteiger partial charge is 0.341 e. The number of fused-ring (bicyclic) bond motifs is 5. The third-order valence-electron chi connectivity index (χ3n) is 9.14. The number of rotatable bonds is 3. The number of halogens is 1. The first kappa shape index (κ1) is 24.1. The molecule has 8 rings (SSSR count). The van der Waals surface area contributed by atoms with Crippen LogP contribution in [-0.2, 0) is 3.42 Å². The van der Waals surface area contributed by atoms with Crippen molar-refractivity contribution in [3.63, 3.8) is 0 Å². The van der Waals surface area contributed by atoms with Crippen LogP contribution in [0.3, 0.4) is 0 Å². The van der Waals surface area contributed by atoms with Gasteiger partial charge in [-0.25, -0.2) is 0 Å². The fraction of sp³-hybridized carbons (Fsp3) is 0.189. The summed E-state index contributed by atoms with van der Waals surface area (Å²) in [6, 6.07) is 31.2. The first-order valence-corrected chi connectivity index (χ1v) is 15.2. The van der Waals surface area contributed by atoms with Crippen LogP contribution in [0, 0.1) is 24.0 Å². The Morgan fingerprint density at radius 3 is 2.70 bits per heavy atom. The van der Waals surface area contributed by atoms with Crippen LogP contribution in [-0.4, -0.2) is 12.6 Å². The van der Waals surface area contributed by atoms with E-state index >= 15 is 0 Å². The van der Waals surface area contributed by atoms with E-state index in [-0.39, 0.29) is 3.42 Å². The zero-order chi connectivity index (χ0) is 26.7. The Morgan fingerprint density at radius 2 is 1.77 bits per heavy atom. The van der Waals surface area contributed by atoms with Gasteiger partial charge in [0.25, 0.3) is 0 Å². The highest BCUT2D eigenvalue weighted by Crippen LogP contribution is 2.53. The van der Waals surface area contributed by atoms with Crippen molar-refractivity contribution in [2.75, 3.05) is 16.3 Å². The normalized spacial score (nSPS) is 29.1. The summed E-state index contributed by atoms with van der Waals surface area (Å²) in [5.74, 6) is 1.17. The molecule has 3 aromatic carbocycles. The molecule has 194 valence electrons. The molecule has 0 bridgehead atoms. The molecule has 0 saturated carbocycles. The van der Waals surface area contributed by atoms with Gasteiger partial charge in [0, 0.05) is 41.4 Å². The van der Waals surface area contributed by atoms with Gasteiger partial charge < -0.3 is 9.80 Å². The molecule has 2 nitrogen and oxygen atoms in total. The van der Waals surface area contributed by atoms with Crippen LogP contribution in [0.15, 0.2) is 139 Å². The topological polar surface area (TPSA) is 6.48 Å². The molecule has 5 aliphatic rings. The highest BCUT2D eigenvalue weighted by molar-refractivity contribution is 14.1. The zero-order valence-corrected chi connectivity index (χ0v) is 24.3. The summed E-state index contributed by atoms with van der Waals surface area (Å²) in [5.41, 5.74) is 9.32. The van der Waals surface area contributed by atoms with Gasteiger partial charge in [-0.3, -0.25) is 0 Å². The molecular weight excluding hydrogens is 599 g/mol. The van der Waals surface area contributed by atoms with Gasteiger partial charge >= 0.3 is 0 Å². The number of hydrogen-bond donors (Lipinski definition) is 0. The Hall–Kier alpha value is -3.75. The van der Waals surface area contributed by atoms with Gasteiger partial charge in [0.05, 0.1) is 15.2 Å². The fourth-order valence-electron chi connectivity index (χ4n) is 7.23. The maximum atomic E-state index is 3.35. The minimum absolute atomic E-state index is 0.00693. The van der Waals surface area contributed by atoms with Crippen molar-refractivity contribution < 1.29 is 0 Å². The van der Waals surface area contributed by atoms with E-state index in [9.17, 15) is 0 Å². The molecule has 0 fully saturated rings. The number of anilines is 3. The van der Waals surface area contributed by atoms with Crippen molar-refractivity contribution >= 4 is 39.7 Å². The predicted octanol–water partition coefficient (Wildman–Crippen LogP) is 8.74. The second-order valence-electron chi connectivity index (χ2n) is 11.3. The Morgan fingerprint density at radius 1 is 0.875 bits per heavy atom. The number of hydrogen-bond acceptors (Lipinski definition) is 2. The van der Waals surface area contributed by atoms with E-state index in [1.165, 1.54) is 33.8 Å². The summed E-state index contributed by atoms with van der Waals surface area (Å²) in [7, 11) is 0. The molecule has 4 unspecified atom stereocenters. The van der Waals surface area contributed by atoms with Crippen molar-refractivity contribution in [3.8, 4) is 0 Å². The maximum Gasteiger partial charge on any atom is 0.0933 e. The number of allylic oxidation sites excluding steroid dienone is 7. The Balaban J connectivity index is 1.13. The van der Waals surface area contributed by atoms with Gasteiger partial charge in [-0.1, -0.05) is 120 Å². The minimum atomic E-state index is 0.00693. The number of para-hydroxylation sites is 1. The van der Waals surface area contributed by atoms with Crippen LogP contribution in [0.4, 0.5) is 17.1 Å². The van der Waals surface area contributed by atoms with Crippen molar-refractivity contribution in [3.05, 3.63) is 162 Å². The maximum absolute atomic E-state index is 3.35. The van der Waals surface area contributed by atoms with Crippen molar-refractivity contribution in [1.82, 2.24) is 0 Å². The Bertz CT molecular complexity index is 1660. The molecule has 0 saturated heterocycles. The first-order chi connectivity index (χ1) is 19.7. The molecule has 0 N–H and O–H groups in total. The van der Waals surface area contributed by atoms with Gasteiger partial charge in [-0.05, 0) is 65.6 Å². The molecule has 5 atom stereocenters. The van der Waals surface area contributed by atoms with Crippen LogP contribution < -0.4 is 9.80 Å². The van der Waals surface area contributed by atoms with Gasteiger partial charge in [-0.15, -0.1) is 0 Å². The van der Waals surface area contributed by atoms with Crippen LogP contribution in [0.1, 0.15) is 23.5 Å². The molecule has 3 aliphatic carbocycles. The fourth-order valence-corrected chi connectivity index (χ4v) is 8.30. The van der Waals surface area contributed by atoms with Gasteiger partial charge in [-0.2, -0.15) is 0 Å². The summed E-state index contributed by atoms with van der Waals surface area (Å²) in [4.78, 5) is 4.98. The summed E-state index contributed by atoms with van der Waals surface area (Å²) < 4.78 is 0.00693. The zero-order valence-electron chi connectivity index (χ0n) is 22.1. The third kappa shape index (κ3) is 3.69. The lowest BCUT2D eigenvalue weighted by atomic mass is 9.78. The average molecular weight is 629 g/mol. The van der Waals surface area contributed by atoms with Crippen LogP contribution in [0.2, 0.25) is 0 Å². The SMILES string of the molecule is IC12C=CC=CC1CN(c1cccc([C@H]3C=CC4=C(C3)C3C=CC=CC3N4c3c#cccc3)c1)c1ccccc12. The molecule has 2 aliphatic heterocycles. The standard InChI is InChI=1S/C37H29IN2/c38-37-22-9-8-12-28(37)25-39(36-19-7-5-17-33(36)37)30-15-10-11-26(23-30)27-20-21-35-32(24-27)31-16-4-6-18-34(31)40(35)29-13-2-1-3-14-29/h1-2,4-13,15-23,27-28,31,34H,24-25H2/t27-,28?,31?,34?,37?/m0/s1. The van der Waals surface area contributed by atoms with E-state index < -0.39 is 0 Å². The lowest BCUT2D eigenvalue weighted by Crippen LogP contribution is -2.42. The lowest BCUT2D eigenvalue weighted by molar-refractivity contribution is 0.537. The third-order valence-corrected chi connectivity index (χ3v) is 10.9. The second kappa shape index (κ2) is 9.42. The number of nitrogens with zero attached hydrogens (tertiary/aromatic N) is 2. The average Bonchev–Trinajstić information content (AvgIpc) is 3.35. The van der Waals surface area contributed by atoms with Crippen LogP contribution in [0.5, 0.6) is 0 Å². The molecule has 0 radical (unpaired) electrons. The number of alkyl halides is 1. The summed E-state index contributed by atoms with van der Waals surface area (Å²) in [6.45, 7) is 0.973.